The molecular weight excluding hydrogens is 525 g/mol. The van der Waals surface area contributed by atoms with E-state index in [1.807, 2.05) is 31.2 Å². The van der Waals surface area contributed by atoms with Crippen molar-refractivity contribution >= 4 is 11.9 Å². The van der Waals surface area contributed by atoms with E-state index in [-0.39, 0.29) is 18.4 Å². The number of hydrogen-bond donors (Lipinski definition) is 0. The largest absolute Gasteiger partial charge is 0.489 e. The Hall–Kier alpha value is -3.86. The van der Waals surface area contributed by atoms with Crippen molar-refractivity contribution in [1.82, 2.24) is 14.5 Å². The fraction of sp³-hybridized carbons (Fsp3) is 0.414. The molecule has 3 heterocycles. The number of nitro groups is 1. The molecule has 1 saturated heterocycles. The number of imidazole rings is 1. The first-order chi connectivity index (χ1) is 19.1. The Morgan fingerprint density at radius 1 is 1.15 bits per heavy atom. The third-order valence-electron chi connectivity index (χ3n) is 7.40. The van der Waals surface area contributed by atoms with Gasteiger partial charge in [-0.05, 0) is 85.5 Å². The Labute approximate surface area is 230 Å². The number of aromatic nitrogens is 2. The van der Waals surface area contributed by atoms with E-state index in [9.17, 15) is 23.3 Å². The van der Waals surface area contributed by atoms with Crippen molar-refractivity contribution in [1.29, 1.82) is 0 Å². The van der Waals surface area contributed by atoms with Crippen molar-refractivity contribution in [3.05, 3.63) is 87.6 Å². The standard InChI is InChI=1S/C29H31F3N4O4/c1-28(19-35-18-26(36(37)38)33-27(35)40-28)20-39-25-11-7-22(8-12-25)23-13-16-34(17-14-23)15-3-2-4-21-5-9-24(10-6-21)29(30,31)32/h2,4-12,18,23H,3,13-17,19-20H2,1H3/b4-2+/t28-/m1/s1. The molecule has 2 aromatic carbocycles. The van der Waals surface area contributed by atoms with Gasteiger partial charge in [-0.2, -0.15) is 13.2 Å². The zero-order valence-electron chi connectivity index (χ0n) is 22.1. The second kappa shape index (κ2) is 11.3. The van der Waals surface area contributed by atoms with Gasteiger partial charge in [0.1, 0.15) is 18.6 Å². The SMILES string of the molecule is C[C@]1(COc2ccc(C3CCN(CC/C=C/c4ccc(C(F)(F)F)cc4)CC3)cc2)Cn2cc([N+](=O)[O-])nc2O1. The molecule has 8 nitrogen and oxygen atoms in total. The van der Waals surface area contributed by atoms with Gasteiger partial charge in [0, 0.05) is 11.5 Å². The molecule has 2 aliphatic heterocycles. The van der Waals surface area contributed by atoms with Crippen LogP contribution in [0.5, 0.6) is 11.8 Å². The maximum atomic E-state index is 12.7. The average molecular weight is 557 g/mol. The Morgan fingerprint density at radius 3 is 2.48 bits per heavy atom. The molecule has 0 unspecified atom stereocenters. The Bertz CT molecular complexity index is 1320. The lowest BCUT2D eigenvalue weighted by atomic mass is 9.89. The topological polar surface area (TPSA) is 82.7 Å². The molecule has 0 amide bonds. The molecule has 3 aromatic rings. The van der Waals surface area contributed by atoms with Crippen LogP contribution in [0.1, 0.15) is 48.8 Å². The van der Waals surface area contributed by atoms with Gasteiger partial charge in [0.15, 0.2) is 5.60 Å². The van der Waals surface area contributed by atoms with Gasteiger partial charge in [0.05, 0.1) is 12.1 Å². The maximum Gasteiger partial charge on any atom is 0.416 e. The van der Waals surface area contributed by atoms with Crippen LogP contribution >= 0.6 is 0 Å². The predicted molar refractivity (Wildman–Crippen MR) is 143 cm³/mol. The molecule has 212 valence electrons. The van der Waals surface area contributed by atoms with Crippen LogP contribution in [-0.2, 0) is 12.7 Å². The zero-order valence-corrected chi connectivity index (χ0v) is 22.1. The lowest BCUT2D eigenvalue weighted by molar-refractivity contribution is -0.389. The molecule has 2 aliphatic rings. The van der Waals surface area contributed by atoms with Crippen molar-refractivity contribution in [2.75, 3.05) is 26.2 Å². The highest BCUT2D eigenvalue weighted by Crippen LogP contribution is 2.33. The van der Waals surface area contributed by atoms with E-state index < -0.39 is 22.3 Å². The van der Waals surface area contributed by atoms with Crippen LogP contribution < -0.4 is 9.47 Å². The van der Waals surface area contributed by atoms with Gasteiger partial charge in [-0.1, -0.05) is 36.4 Å². The van der Waals surface area contributed by atoms with Crippen LogP contribution in [0.25, 0.3) is 6.08 Å². The zero-order chi connectivity index (χ0) is 28.3. The monoisotopic (exact) mass is 556 g/mol. The minimum atomic E-state index is -4.31. The van der Waals surface area contributed by atoms with E-state index in [1.165, 1.54) is 23.9 Å². The lowest BCUT2D eigenvalue weighted by Crippen LogP contribution is -2.38. The predicted octanol–water partition coefficient (Wildman–Crippen LogP) is 6.32. The van der Waals surface area contributed by atoms with Gasteiger partial charge in [0.2, 0.25) is 0 Å². The molecule has 0 N–H and O–H groups in total. The maximum absolute atomic E-state index is 12.7. The summed E-state index contributed by atoms with van der Waals surface area (Å²) in [5.41, 5.74) is 0.760. The molecule has 0 aliphatic carbocycles. The highest BCUT2D eigenvalue weighted by molar-refractivity contribution is 5.49. The summed E-state index contributed by atoms with van der Waals surface area (Å²) in [6.45, 7) is 5.52. The number of benzene rings is 2. The summed E-state index contributed by atoms with van der Waals surface area (Å²) < 4.78 is 51.5. The van der Waals surface area contributed by atoms with E-state index in [0.717, 1.165) is 62.3 Å². The second-order valence-electron chi connectivity index (χ2n) is 10.6. The quantitative estimate of drug-likeness (QED) is 0.227. The summed E-state index contributed by atoms with van der Waals surface area (Å²) in [5, 5.41) is 10.9. The molecule has 11 heteroatoms. The second-order valence-corrected chi connectivity index (χ2v) is 10.6. The Balaban J connectivity index is 1.03. The molecule has 5 rings (SSSR count). The van der Waals surface area contributed by atoms with E-state index in [0.29, 0.717) is 12.5 Å². The Kier molecular flexibility index (Phi) is 7.84. The number of nitrogens with zero attached hydrogens (tertiary/aromatic N) is 4. The van der Waals surface area contributed by atoms with Gasteiger partial charge in [-0.3, -0.25) is 4.57 Å². The van der Waals surface area contributed by atoms with Crippen LogP contribution in [0, 0.1) is 10.1 Å². The summed E-state index contributed by atoms with van der Waals surface area (Å²) in [7, 11) is 0. The summed E-state index contributed by atoms with van der Waals surface area (Å²) in [6, 6.07) is 13.6. The van der Waals surface area contributed by atoms with Crippen molar-refractivity contribution in [3.8, 4) is 11.8 Å². The van der Waals surface area contributed by atoms with E-state index >= 15 is 0 Å². The minimum Gasteiger partial charge on any atom is -0.489 e. The summed E-state index contributed by atoms with van der Waals surface area (Å²) in [6.07, 6.45) is 3.92. The normalized spacial score (nSPS) is 20.0. The number of halogens is 3. The van der Waals surface area contributed by atoms with Gasteiger partial charge in [0.25, 0.3) is 0 Å². The fourth-order valence-electron chi connectivity index (χ4n) is 5.18. The highest BCUT2D eigenvalue weighted by Gasteiger charge is 2.41. The van der Waals surface area contributed by atoms with Gasteiger partial charge >= 0.3 is 18.0 Å². The third-order valence-corrected chi connectivity index (χ3v) is 7.40. The number of alkyl halides is 3. The summed E-state index contributed by atoms with van der Waals surface area (Å²) >= 11 is 0. The number of likely N-dealkylation sites (tertiary alicyclic amines) is 1. The number of fused-ring (bicyclic) bond motifs is 1. The van der Waals surface area contributed by atoms with Crippen LogP contribution in [0.2, 0.25) is 0 Å². The van der Waals surface area contributed by atoms with Gasteiger partial charge < -0.3 is 24.5 Å². The molecule has 1 atom stereocenters. The summed E-state index contributed by atoms with van der Waals surface area (Å²) in [5.74, 6) is 0.991. The molecule has 0 radical (unpaired) electrons. The van der Waals surface area contributed by atoms with E-state index in [2.05, 4.69) is 22.0 Å². The molecular formula is C29H31F3N4O4. The fourth-order valence-corrected chi connectivity index (χ4v) is 5.18. The van der Waals surface area contributed by atoms with Crippen LogP contribution in [-0.4, -0.2) is 51.2 Å². The number of ether oxygens (including phenoxy) is 2. The first-order valence-electron chi connectivity index (χ1n) is 13.3. The highest BCUT2D eigenvalue weighted by atomic mass is 19.4. The van der Waals surface area contributed by atoms with Crippen molar-refractivity contribution in [2.24, 2.45) is 0 Å². The van der Waals surface area contributed by atoms with Crippen LogP contribution in [0.3, 0.4) is 0 Å². The third kappa shape index (κ3) is 6.64. The molecule has 1 fully saturated rings. The molecule has 40 heavy (non-hydrogen) atoms. The van der Waals surface area contributed by atoms with Crippen molar-refractivity contribution in [3.63, 3.8) is 0 Å². The number of hydrogen-bond acceptors (Lipinski definition) is 6. The average Bonchev–Trinajstić information content (AvgIpc) is 3.46. The molecule has 1 aromatic heterocycles. The molecule has 0 bridgehead atoms. The lowest BCUT2D eigenvalue weighted by Gasteiger charge is -2.32. The van der Waals surface area contributed by atoms with E-state index in [4.69, 9.17) is 9.47 Å². The number of rotatable bonds is 9. The van der Waals surface area contributed by atoms with Crippen LogP contribution in [0.15, 0.2) is 60.8 Å². The van der Waals surface area contributed by atoms with Crippen LogP contribution in [0.4, 0.5) is 19.0 Å². The first-order valence-corrected chi connectivity index (χ1v) is 13.3. The van der Waals surface area contributed by atoms with Crippen molar-refractivity contribution in [2.45, 2.75) is 50.4 Å². The van der Waals surface area contributed by atoms with Crippen molar-refractivity contribution < 1.29 is 27.6 Å². The van der Waals surface area contributed by atoms with Gasteiger partial charge in [-0.25, -0.2) is 0 Å². The van der Waals surface area contributed by atoms with Gasteiger partial charge in [-0.15, -0.1) is 0 Å². The van der Waals surface area contributed by atoms with E-state index in [1.54, 1.807) is 4.57 Å². The molecule has 0 spiro atoms. The number of piperidine rings is 1. The summed E-state index contributed by atoms with van der Waals surface area (Å²) in [4.78, 5) is 16.7. The Morgan fingerprint density at radius 2 is 1.85 bits per heavy atom. The smallest absolute Gasteiger partial charge is 0.416 e. The first kappa shape index (κ1) is 27.7. The molecule has 0 saturated carbocycles. The minimum absolute atomic E-state index is 0.229.